The van der Waals surface area contributed by atoms with Crippen LogP contribution in [-0.2, 0) is 13.2 Å². The molecule has 0 saturated heterocycles. The van der Waals surface area contributed by atoms with Gasteiger partial charge in [0.05, 0.1) is 17.1 Å². The molecule has 0 amide bonds. The first-order valence-corrected chi connectivity index (χ1v) is 7.03. The van der Waals surface area contributed by atoms with Crippen molar-refractivity contribution in [2.24, 2.45) is 0 Å². The van der Waals surface area contributed by atoms with E-state index in [1.54, 1.807) is 6.92 Å². The monoisotopic (exact) mass is 282 g/mol. The molecule has 2 aromatic heterocycles. The van der Waals surface area contributed by atoms with Crippen LogP contribution in [0, 0.1) is 0 Å². The minimum atomic E-state index is -0.380. The molecule has 1 N–H and O–H groups in total. The van der Waals surface area contributed by atoms with Crippen LogP contribution in [0.4, 0.5) is 0 Å². The van der Waals surface area contributed by atoms with Gasteiger partial charge in [-0.25, -0.2) is 4.98 Å². The molecule has 0 spiro atoms. The van der Waals surface area contributed by atoms with Crippen LogP contribution in [0.2, 0.25) is 0 Å². The smallest absolute Gasteiger partial charge is 0.214 e. The molecule has 1 aromatic carbocycles. The number of aromatic nitrogens is 2. The lowest BCUT2D eigenvalue weighted by atomic mass is 10.2. The fraction of sp³-hybridized carbons (Fsp3) is 0.235. The maximum absolute atomic E-state index is 9.48. The molecule has 0 radical (unpaired) electrons. The minimum absolute atomic E-state index is 0.380. The van der Waals surface area contributed by atoms with Gasteiger partial charge in [-0.15, -0.1) is 0 Å². The van der Waals surface area contributed by atoms with E-state index in [2.05, 4.69) is 4.98 Å². The Morgan fingerprint density at radius 2 is 1.95 bits per heavy atom. The van der Waals surface area contributed by atoms with Crippen molar-refractivity contribution in [3.05, 3.63) is 60.3 Å². The van der Waals surface area contributed by atoms with Gasteiger partial charge in [0.1, 0.15) is 6.61 Å². The van der Waals surface area contributed by atoms with Gasteiger partial charge >= 0.3 is 0 Å². The van der Waals surface area contributed by atoms with Gasteiger partial charge in [0.25, 0.3) is 0 Å². The Kier molecular flexibility index (Phi) is 3.88. The molecule has 2 heterocycles. The van der Waals surface area contributed by atoms with E-state index in [1.807, 2.05) is 59.3 Å². The number of benzene rings is 1. The summed E-state index contributed by atoms with van der Waals surface area (Å²) in [7, 11) is 0. The van der Waals surface area contributed by atoms with E-state index in [0.717, 1.165) is 16.6 Å². The molecule has 0 fully saturated rings. The quantitative estimate of drug-likeness (QED) is 0.782. The Morgan fingerprint density at radius 1 is 1.14 bits per heavy atom. The SMILES string of the molecule is C[C@H](O)Cn1ccc2nc(OCc3ccccc3)ccc21. The highest BCUT2D eigenvalue weighted by Gasteiger charge is 2.06. The van der Waals surface area contributed by atoms with Gasteiger partial charge < -0.3 is 14.4 Å². The molecule has 3 aromatic rings. The second kappa shape index (κ2) is 5.97. The fourth-order valence-corrected chi connectivity index (χ4v) is 2.31. The van der Waals surface area contributed by atoms with Gasteiger partial charge in [0, 0.05) is 18.8 Å². The van der Waals surface area contributed by atoms with Crippen LogP contribution in [0.1, 0.15) is 12.5 Å². The highest BCUT2D eigenvalue weighted by molar-refractivity contribution is 5.76. The summed E-state index contributed by atoms with van der Waals surface area (Å²) >= 11 is 0. The molecule has 3 rings (SSSR count). The van der Waals surface area contributed by atoms with Crippen molar-refractivity contribution in [3.8, 4) is 5.88 Å². The third-order valence-electron chi connectivity index (χ3n) is 3.29. The van der Waals surface area contributed by atoms with Crippen LogP contribution in [0.25, 0.3) is 11.0 Å². The highest BCUT2D eigenvalue weighted by atomic mass is 16.5. The number of rotatable bonds is 5. The zero-order chi connectivity index (χ0) is 14.7. The molecule has 0 saturated carbocycles. The number of hydrogen-bond acceptors (Lipinski definition) is 3. The lowest BCUT2D eigenvalue weighted by Crippen LogP contribution is -2.10. The first-order valence-electron chi connectivity index (χ1n) is 7.03. The molecule has 0 bridgehead atoms. The van der Waals surface area contributed by atoms with Gasteiger partial charge in [-0.3, -0.25) is 0 Å². The average molecular weight is 282 g/mol. The number of aliphatic hydroxyl groups is 1. The predicted octanol–water partition coefficient (Wildman–Crippen LogP) is 3.00. The average Bonchev–Trinajstić information content (AvgIpc) is 2.88. The standard InChI is InChI=1S/C17H18N2O2/c1-13(20)11-19-10-9-15-16(19)7-8-17(18-15)21-12-14-5-3-2-4-6-14/h2-10,13,20H,11-12H2,1H3/t13-/m0/s1. The predicted molar refractivity (Wildman–Crippen MR) is 82.2 cm³/mol. The summed E-state index contributed by atoms with van der Waals surface area (Å²) in [5.41, 5.74) is 3.00. The summed E-state index contributed by atoms with van der Waals surface area (Å²) in [6.45, 7) is 2.85. The van der Waals surface area contributed by atoms with Crippen molar-refractivity contribution in [2.45, 2.75) is 26.2 Å². The minimum Gasteiger partial charge on any atom is -0.473 e. The summed E-state index contributed by atoms with van der Waals surface area (Å²) in [6, 6.07) is 15.8. The number of hydrogen-bond donors (Lipinski definition) is 1. The van der Waals surface area contributed by atoms with E-state index in [1.165, 1.54) is 0 Å². The summed E-state index contributed by atoms with van der Waals surface area (Å²) in [5.74, 6) is 0.612. The summed E-state index contributed by atoms with van der Waals surface area (Å²) in [6.07, 6.45) is 1.56. The van der Waals surface area contributed by atoms with Gasteiger partial charge in [-0.05, 0) is 24.6 Å². The second-order valence-electron chi connectivity index (χ2n) is 5.15. The van der Waals surface area contributed by atoms with E-state index in [9.17, 15) is 5.11 Å². The van der Waals surface area contributed by atoms with Crippen LogP contribution in [-0.4, -0.2) is 20.8 Å². The van der Waals surface area contributed by atoms with Gasteiger partial charge in [0.2, 0.25) is 5.88 Å². The third-order valence-corrected chi connectivity index (χ3v) is 3.29. The molecule has 0 aliphatic rings. The molecular weight excluding hydrogens is 264 g/mol. The number of ether oxygens (including phenoxy) is 1. The lowest BCUT2D eigenvalue weighted by Gasteiger charge is -2.08. The normalized spacial score (nSPS) is 12.5. The third kappa shape index (κ3) is 3.23. The number of nitrogens with zero attached hydrogens (tertiary/aromatic N) is 2. The largest absolute Gasteiger partial charge is 0.473 e. The number of aliphatic hydroxyl groups excluding tert-OH is 1. The zero-order valence-electron chi connectivity index (χ0n) is 11.9. The number of fused-ring (bicyclic) bond motifs is 1. The Bertz CT molecular complexity index is 720. The van der Waals surface area contributed by atoms with E-state index >= 15 is 0 Å². The highest BCUT2D eigenvalue weighted by Crippen LogP contribution is 2.19. The molecule has 4 nitrogen and oxygen atoms in total. The summed E-state index contributed by atoms with van der Waals surface area (Å²) in [4.78, 5) is 4.49. The van der Waals surface area contributed by atoms with E-state index in [4.69, 9.17) is 4.74 Å². The first-order chi connectivity index (χ1) is 10.2. The van der Waals surface area contributed by atoms with Crippen LogP contribution >= 0.6 is 0 Å². The van der Waals surface area contributed by atoms with Crippen molar-refractivity contribution < 1.29 is 9.84 Å². The van der Waals surface area contributed by atoms with Crippen molar-refractivity contribution >= 4 is 11.0 Å². The molecule has 0 aliphatic carbocycles. The van der Waals surface area contributed by atoms with Gasteiger partial charge in [-0.1, -0.05) is 30.3 Å². The van der Waals surface area contributed by atoms with Gasteiger partial charge in [0.15, 0.2) is 0 Å². The molecular formula is C17H18N2O2. The molecule has 108 valence electrons. The lowest BCUT2D eigenvalue weighted by molar-refractivity contribution is 0.175. The van der Waals surface area contributed by atoms with E-state index < -0.39 is 0 Å². The number of pyridine rings is 1. The van der Waals surface area contributed by atoms with Crippen molar-refractivity contribution in [2.75, 3.05) is 0 Å². The molecule has 1 atom stereocenters. The maximum atomic E-state index is 9.48. The summed E-state index contributed by atoms with van der Waals surface area (Å²) < 4.78 is 7.71. The second-order valence-corrected chi connectivity index (χ2v) is 5.15. The van der Waals surface area contributed by atoms with E-state index in [0.29, 0.717) is 19.0 Å². The Hall–Kier alpha value is -2.33. The summed E-state index contributed by atoms with van der Waals surface area (Å²) in [5, 5.41) is 9.48. The van der Waals surface area contributed by atoms with Crippen molar-refractivity contribution in [1.82, 2.24) is 9.55 Å². The zero-order valence-corrected chi connectivity index (χ0v) is 11.9. The van der Waals surface area contributed by atoms with Crippen LogP contribution in [0.15, 0.2) is 54.7 Å². The Labute approximate surface area is 123 Å². The first kappa shape index (κ1) is 13.6. The van der Waals surface area contributed by atoms with Crippen LogP contribution < -0.4 is 4.74 Å². The fourth-order valence-electron chi connectivity index (χ4n) is 2.31. The maximum Gasteiger partial charge on any atom is 0.214 e. The Morgan fingerprint density at radius 3 is 2.71 bits per heavy atom. The Balaban J connectivity index is 1.75. The topological polar surface area (TPSA) is 47.3 Å². The van der Waals surface area contributed by atoms with Crippen molar-refractivity contribution in [1.29, 1.82) is 0 Å². The molecule has 0 aliphatic heterocycles. The van der Waals surface area contributed by atoms with Crippen LogP contribution in [0.3, 0.4) is 0 Å². The molecule has 21 heavy (non-hydrogen) atoms. The molecule has 0 unspecified atom stereocenters. The van der Waals surface area contributed by atoms with Crippen LogP contribution in [0.5, 0.6) is 5.88 Å². The van der Waals surface area contributed by atoms with Crippen molar-refractivity contribution in [3.63, 3.8) is 0 Å². The van der Waals surface area contributed by atoms with E-state index in [-0.39, 0.29) is 6.10 Å². The van der Waals surface area contributed by atoms with Gasteiger partial charge in [-0.2, -0.15) is 0 Å². The molecule has 4 heteroatoms.